The number of fused-ring (bicyclic) bond motifs is 3. The lowest BCUT2D eigenvalue weighted by Crippen LogP contribution is -2.28. The maximum absolute atomic E-state index is 9.07. The molecule has 4 aromatic rings. The molecule has 2 aliphatic rings. The van der Waals surface area contributed by atoms with Crippen LogP contribution in [0.25, 0.3) is 11.1 Å². The Bertz CT molecular complexity index is 1260. The zero-order chi connectivity index (χ0) is 23.7. The summed E-state index contributed by atoms with van der Waals surface area (Å²) in [7, 11) is 0. The Morgan fingerprint density at radius 2 is 1.23 bits per heavy atom. The lowest BCUT2D eigenvalue weighted by atomic mass is 9.68. The van der Waals surface area contributed by atoms with Crippen LogP contribution in [0.5, 0.6) is 11.5 Å². The number of aliphatic hydroxyl groups is 1. The standard InChI is InChI=1S/C31H28O4/c32-18-5-19-33-24-14-10-22(11-15-24)31(23-12-16-25(17-13-23)34-20-26-21-35-26)29-8-3-1-6-27(29)28-7-2-4-9-30(28)31/h1-4,6-17,26,32H,5,18-21H2. The molecular formula is C31H28O4. The van der Waals surface area contributed by atoms with E-state index in [4.69, 9.17) is 19.3 Å². The summed E-state index contributed by atoms with van der Waals surface area (Å²) in [5, 5.41) is 9.07. The minimum absolute atomic E-state index is 0.127. The third kappa shape index (κ3) is 3.89. The van der Waals surface area contributed by atoms with Crippen molar-refractivity contribution < 1.29 is 19.3 Å². The van der Waals surface area contributed by atoms with Crippen LogP contribution in [0.4, 0.5) is 0 Å². The van der Waals surface area contributed by atoms with Crippen LogP contribution in [0.15, 0.2) is 97.1 Å². The predicted molar refractivity (Wildman–Crippen MR) is 136 cm³/mol. The Balaban J connectivity index is 1.48. The molecule has 1 aliphatic carbocycles. The van der Waals surface area contributed by atoms with Gasteiger partial charge in [0, 0.05) is 13.0 Å². The number of benzene rings is 4. The zero-order valence-electron chi connectivity index (χ0n) is 19.5. The lowest BCUT2D eigenvalue weighted by molar-refractivity contribution is 0.233. The lowest BCUT2D eigenvalue weighted by Gasteiger charge is -2.34. The highest BCUT2D eigenvalue weighted by Crippen LogP contribution is 2.56. The molecule has 1 N–H and O–H groups in total. The molecule has 6 rings (SSSR count). The quantitative estimate of drug-likeness (QED) is 0.228. The van der Waals surface area contributed by atoms with Gasteiger partial charge in [-0.1, -0.05) is 72.8 Å². The molecular weight excluding hydrogens is 436 g/mol. The molecule has 1 atom stereocenters. The van der Waals surface area contributed by atoms with Crippen molar-refractivity contribution in [1.82, 2.24) is 0 Å². The first-order valence-corrected chi connectivity index (χ1v) is 12.2. The first-order valence-electron chi connectivity index (χ1n) is 12.2. The first-order chi connectivity index (χ1) is 17.3. The van der Waals surface area contributed by atoms with E-state index < -0.39 is 5.41 Å². The molecule has 0 amide bonds. The second-order valence-electron chi connectivity index (χ2n) is 9.08. The SMILES string of the molecule is OCCCOc1ccc(C2(c3ccc(OCC4CO4)cc3)c3ccccc3-c3ccccc32)cc1. The number of hydrogen-bond donors (Lipinski definition) is 1. The first kappa shape index (κ1) is 21.9. The maximum Gasteiger partial charge on any atom is 0.119 e. The summed E-state index contributed by atoms with van der Waals surface area (Å²) in [6.45, 7) is 2.00. The van der Waals surface area contributed by atoms with Crippen molar-refractivity contribution in [2.24, 2.45) is 0 Å². The highest BCUT2D eigenvalue weighted by molar-refractivity contribution is 5.86. The van der Waals surface area contributed by atoms with E-state index in [0.717, 1.165) is 18.1 Å². The summed E-state index contributed by atoms with van der Waals surface area (Å²) in [4.78, 5) is 0. The number of hydrogen-bond acceptors (Lipinski definition) is 4. The van der Waals surface area contributed by atoms with Gasteiger partial charge < -0.3 is 19.3 Å². The van der Waals surface area contributed by atoms with Crippen LogP contribution < -0.4 is 9.47 Å². The highest BCUT2D eigenvalue weighted by atomic mass is 16.6. The van der Waals surface area contributed by atoms with Gasteiger partial charge in [-0.05, 0) is 57.6 Å². The Morgan fingerprint density at radius 1 is 0.714 bits per heavy atom. The van der Waals surface area contributed by atoms with Crippen molar-refractivity contribution in [1.29, 1.82) is 0 Å². The fourth-order valence-electron chi connectivity index (χ4n) is 5.23. The van der Waals surface area contributed by atoms with Crippen LogP contribution in [0.2, 0.25) is 0 Å². The summed E-state index contributed by atoms with van der Waals surface area (Å²) in [5.41, 5.74) is 7.00. The van der Waals surface area contributed by atoms with Crippen LogP contribution in [0.1, 0.15) is 28.7 Å². The van der Waals surface area contributed by atoms with Gasteiger partial charge in [0.2, 0.25) is 0 Å². The molecule has 4 aromatic carbocycles. The van der Waals surface area contributed by atoms with E-state index in [0.29, 0.717) is 19.6 Å². The van der Waals surface area contributed by atoms with E-state index in [1.54, 1.807) is 0 Å². The Morgan fingerprint density at radius 3 is 1.74 bits per heavy atom. The minimum atomic E-state index is -0.449. The molecule has 176 valence electrons. The van der Waals surface area contributed by atoms with Crippen molar-refractivity contribution >= 4 is 0 Å². The maximum atomic E-state index is 9.07. The molecule has 4 heteroatoms. The third-order valence-corrected chi connectivity index (χ3v) is 6.94. The van der Waals surface area contributed by atoms with Gasteiger partial charge in [-0.15, -0.1) is 0 Å². The highest BCUT2D eigenvalue weighted by Gasteiger charge is 2.45. The van der Waals surface area contributed by atoms with Crippen LogP contribution in [-0.2, 0) is 10.2 Å². The molecule has 1 unspecified atom stereocenters. The Kier molecular flexibility index (Phi) is 5.77. The fourth-order valence-corrected chi connectivity index (χ4v) is 5.23. The number of epoxide rings is 1. The molecule has 0 radical (unpaired) electrons. The van der Waals surface area contributed by atoms with Crippen LogP contribution in [0.3, 0.4) is 0 Å². The van der Waals surface area contributed by atoms with E-state index >= 15 is 0 Å². The summed E-state index contributed by atoms with van der Waals surface area (Å²) in [6, 6.07) is 34.3. The molecule has 1 fully saturated rings. The van der Waals surface area contributed by atoms with Crippen molar-refractivity contribution in [3.05, 3.63) is 119 Å². The van der Waals surface area contributed by atoms with E-state index in [-0.39, 0.29) is 12.7 Å². The molecule has 0 aromatic heterocycles. The average Bonchev–Trinajstić information content (AvgIpc) is 3.70. The predicted octanol–water partition coefficient (Wildman–Crippen LogP) is 5.59. The van der Waals surface area contributed by atoms with Crippen LogP contribution >= 0.6 is 0 Å². The second kappa shape index (κ2) is 9.21. The number of aliphatic hydroxyl groups excluding tert-OH is 1. The third-order valence-electron chi connectivity index (χ3n) is 6.94. The van der Waals surface area contributed by atoms with Gasteiger partial charge in [-0.2, -0.15) is 0 Å². The van der Waals surface area contributed by atoms with Gasteiger partial charge in [-0.25, -0.2) is 0 Å². The summed E-state index contributed by atoms with van der Waals surface area (Å²) in [5.74, 6) is 1.66. The fraction of sp³-hybridized carbons (Fsp3) is 0.226. The molecule has 0 spiro atoms. The van der Waals surface area contributed by atoms with E-state index in [1.165, 1.54) is 33.4 Å². The van der Waals surface area contributed by atoms with Crippen molar-refractivity contribution in [3.8, 4) is 22.6 Å². The molecule has 0 bridgehead atoms. The van der Waals surface area contributed by atoms with Gasteiger partial charge in [0.1, 0.15) is 24.2 Å². The molecule has 1 heterocycles. The van der Waals surface area contributed by atoms with Gasteiger partial charge in [0.05, 0.1) is 18.6 Å². The van der Waals surface area contributed by atoms with Gasteiger partial charge in [-0.3, -0.25) is 0 Å². The molecule has 35 heavy (non-hydrogen) atoms. The topological polar surface area (TPSA) is 51.2 Å². The van der Waals surface area contributed by atoms with Crippen molar-refractivity contribution in [3.63, 3.8) is 0 Å². The number of ether oxygens (including phenoxy) is 3. The summed E-state index contributed by atoms with van der Waals surface area (Å²) < 4.78 is 17.0. The van der Waals surface area contributed by atoms with Crippen molar-refractivity contribution in [2.45, 2.75) is 17.9 Å². The molecule has 1 saturated heterocycles. The summed E-state index contributed by atoms with van der Waals surface area (Å²) >= 11 is 0. The van der Waals surface area contributed by atoms with Gasteiger partial charge in [0.15, 0.2) is 0 Å². The van der Waals surface area contributed by atoms with E-state index in [1.807, 2.05) is 12.1 Å². The van der Waals surface area contributed by atoms with E-state index in [2.05, 4.69) is 84.9 Å². The minimum Gasteiger partial charge on any atom is -0.494 e. The van der Waals surface area contributed by atoms with Crippen LogP contribution in [0, 0.1) is 0 Å². The normalized spacial score (nSPS) is 16.9. The number of rotatable bonds is 9. The largest absolute Gasteiger partial charge is 0.494 e. The van der Waals surface area contributed by atoms with Crippen LogP contribution in [-0.4, -0.2) is 37.6 Å². The smallest absolute Gasteiger partial charge is 0.119 e. The van der Waals surface area contributed by atoms with Gasteiger partial charge in [0.25, 0.3) is 0 Å². The van der Waals surface area contributed by atoms with E-state index in [9.17, 15) is 0 Å². The monoisotopic (exact) mass is 464 g/mol. The Hall–Kier alpha value is -3.60. The molecule has 1 aliphatic heterocycles. The average molecular weight is 465 g/mol. The molecule has 0 saturated carbocycles. The second-order valence-corrected chi connectivity index (χ2v) is 9.08. The zero-order valence-corrected chi connectivity index (χ0v) is 19.5. The molecule has 4 nitrogen and oxygen atoms in total. The van der Waals surface area contributed by atoms with Crippen molar-refractivity contribution in [2.75, 3.05) is 26.4 Å². The Labute approximate surface area is 205 Å². The summed E-state index contributed by atoms with van der Waals surface area (Å²) in [6.07, 6.45) is 0.848. The van der Waals surface area contributed by atoms with Gasteiger partial charge >= 0.3 is 0 Å².